The standard InChI is InChI=1S/C16H21NO/c1-2-12-6-3-4-9-16(12)17-13-7-5-8-14(17)11-15(18)10-13/h3-4,6,9,13-14H,2,5,7-8,10-11H2,1H3. The molecule has 96 valence electrons. The average molecular weight is 243 g/mol. The number of hydrogen-bond donors (Lipinski definition) is 0. The van der Waals surface area contributed by atoms with Gasteiger partial charge in [-0.1, -0.05) is 25.1 Å². The second-order valence-corrected chi connectivity index (χ2v) is 5.58. The Hall–Kier alpha value is -1.31. The van der Waals surface area contributed by atoms with Gasteiger partial charge < -0.3 is 4.90 Å². The Balaban J connectivity index is 1.97. The van der Waals surface area contributed by atoms with Crippen LogP contribution in [0.2, 0.25) is 0 Å². The predicted molar refractivity (Wildman–Crippen MR) is 74.0 cm³/mol. The zero-order valence-corrected chi connectivity index (χ0v) is 11.1. The number of benzene rings is 1. The van der Waals surface area contributed by atoms with Crippen molar-refractivity contribution >= 4 is 11.5 Å². The minimum absolute atomic E-state index is 0.456. The number of carbonyl (C=O) groups excluding carboxylic acids is 1. The molecule has 2 atom stereocenters. The van der Waals surface area contributed by atoms with E-state index in [2.05, 4.69) is 36.1 Å². The highest BCUT2D eigenvalue weighted by Crippen LogP contribution is 2.37. The summed E-state index contributed by atoms with van der Waals surface area (Å²) in [7, 11) is 0. The van der Waals surface area contributed by atoms with Crippen molar-refractivity contribution in [2.24, 2.45) is 0 Å². The van der Waals surface area contributed by atoms with E-state index in [1.54, 1.807) is 0 Å². The van der Waals surface area contributed by atoms with Crippen molar-refractivity contribution in [3.8, 4) is 0 Å². The fourth-order valence-electron chi connectivity index (χ4n) is 3.63. The fourth-order valence-corrected chi connectivity index (χ4v) is 3.63. The summed E-state index contributed by atoms with van der Waals surface area (Å²) < 4.78 is 0. The zero-order chi connectivity index (χ0) is 12.5. The van der Waals surface area contributed by atoms with E-state index in [1.807, 2.05) is 0 Å². The van der Waals surface area contributed by atoms with Gasteiger partial charge >= 0.3 is 0 Å². The lowest BCUT2D eigenvalue weighted by Gasteiger charge is -2.47. The summed E-state index contributed by atoms with van der Waals surface area (Å²) in [6.07, 6.45) is 6.23. The number of piperidine rings is 2. The Morgan fingerprint density at radius 3 is 2.50 bits per heavy atom. The molecule has 2 heterocycles. The monoisotopic (exact) mass is 243 g/mol. The van der Waals surface area contributed by atoms with Gasteiger partial charge in [0.1, 0.15) is 5.78 Å². The minimum Gasteiger partial charge on any atom is -0.364 e. The van der Waals surface area contributed by atoms with Crippen LogP contribution in [0, 0.1) is 0 Å². The molecule has 2 heteroatoms. The lowest BCUT2D eigenvalue weighted by Crippen LogP contribution is -2.52. The highest BCUT2D eigenvalue weighted by Gasteiger charge is 2.37. The van der Waals surface area contributed by atoms with Crippen molar-refractivity contribution < 1.29 is 4.79 Å². The van der Waals surface area contributed by atoms with E-state index < -0.39 is 0 Å². The fraction of sp³-hybridized carbons (Fsp3) is 0.562. The topological polar surface area (TPSA) is 20.3 Å². The van der Waals surface area contributed by atoms with Gasteiger partial charge in [0.05, 0.1) is 0 Å². The first kappa shape index (κ1) is 11.8. The van der Waals surface area contributed by atoms with Crippen LogP contribution in [-0.2, 0) is 11.2 Å². The molecule has 3 rings (SSSR count). The van der Waals surface area contributed by atoms with Crippen LogP contribution in [0.1, 0.15) is 44.6 Å². The number of carbonyl (C=O) groups is 1. The van der Waals surface area contributed by atoms with Gasteiger partial charge in [-0.3, -0.25) is 4.79 Å². The van der Waals surface area contributed by atoms with Crippen molar-refractivity contribution in [3.63, 3.8) is 0 Å². The highest BCUT2D eigenvalue weighted by atomic mass is 16.1. The first-order valence-electron chi connectivity index (χ1n) is 7.17. The number of para-hydroxylation sites is 1. The molecular formula is C16H21NO. The molecule has 2 fully saturated rings. The van der Waals surface area contributed by atoms with Crippen LogP contribution in [0.5, 0.6) is 0 Å². The number of aryl methyl sites for hydroxylation is 1. The molecule has 0 spiro atoms. The number of ketones is 1. The summed E-state index contributed by atoms with van der Waals surface area (Å²) in [5, 5.41) is 0. The number of Topliss-reactive ketones (excluding diaryl/α,β-unsaturated/α-hetero) is 1. The largest absolute Gasteiger partial charge is 0.364 e. The van der Waals surface area contributed by atoms with Gasteiger partial charge in [-0.25, -0.2) is 0 Å². The number of fused-ring (bicyclic) bond motifs is 2. The molecule has 1 aromatic carbocycles. The second-order valence-electron chi connectivity index (χ2n) is 5.58. The van der Waals surface area contributed by atoms with E-state index in [-0.39, 0.29) is 0 Å². The van der Waals surface area contributed by atoms with Crippen LogP contribution in [0.3, 0.4) is 0 Å². The molecule has 2 unspecified atom stereocenters. The molecule has 1 aromatic rings. The number of anilines is 1. The van der Waals surface area contributed by atoms with Crippen LogP contribution >= 0.6 is 0 Å². The summed E-state index contributed by atoms with van der Waals surface area (Å²) in [5.41, 5.74) is 2.80. The molecule has 0 aromatic heterocycles. The van der Waals surface area contributed by atoms with Gasteiger partial charge in [-0.05, 0) is 37.3 Å². The van der Waals surface area contributed by atoms with Crippen molar-refractivity contribution in [3.05, 3.63) is 29.8 Å². The third kappa shape index (κ3) is 1.94. The molecule has 2 aliphatic heterocycles. The van der Waals surface area contributed by atoms with Gasteiger partial charge in [0.25, 0.3) is 0 Å². The highest BCUT2D eigenvalue weighted by molar-refractivity contribution is 5.83. The van der Waals surface area contributed by atoms with Gasteiger partial charge in [0.2, 0.25) is 0 Å². The van der Waals surface area contributed by atoms with Crippen molar-refractivity contribution in [1.29, 1.82) is 0 Å². The summed E-state index contributed by atoms with van der Waals surface area (Å²) in [5.74, 6) is 0.468. The first-order chi connectivity index (χ1) is 8.79. The number of rotatable bonds is 2. The molecule has 0 amide bonds. The second kappa shape index (κ2) is 4.75. The van der Waals surface area contributed by atoms with Crippen LogP contribution in [0.15, 0.2) is 24.3 Å². The van der Waals surface area contributed by atoms with Gasteiger partial charge in [0, 0.05) is 30.6 Å². The lowest BCUT2D eigenvalue weighted by atomic mass is 9.83. The summed E-state index contributed by atoms with van der Waals surface area (Å²) in [6, 6.07) is 9.62. The lowest BCUT2D eigenvalue weighted by molar-refractivity contribution is -0.121. The van der Waals surface area contributed by atoms with E-state index in [1.165, 1.54) is 30.5 Å². The van der Waals surface area contributed by atoms with E-state index in [9.17, 15) is 4.79 Å². The Morgan fingerprint density at radius 1 is 1.17 bits per heavy atom. The molecule has 2 bridgehead atoms. The molecule has 0 N–H and O–H groups in total. The quantitative estimate of drug-likeness (QED) is 0.794. The smallest absolute Gasteiger partial charge is 0.137 e. The normalized spacial score (nSPS) is 27.4. The van der Waals surface area contributed by atoms with Gasteiger partial charge in [0.15, 0.2) is 0 Å². The molecule has 0 radical (unpaired) electrons. The molecule has 18 heavy (non-hydrogen) atoms. The molecule has 2 aliphatic rings. The maximum atomic E-state index is 11.8. The van der Waals surface area contributed by atoms with E-state index in [0.717, 1.165) is 19.3 Å². The molecular weight excluding hydrogens is 222 g/mol. The number of nitrogens with zero attached hydrogens (tertiary/aromatic N) is 1. The van der Waals surface area contributed by atoms with Crippen LogP contribution in [0.4, 0.5) is 5.69 Å². The van der Waals surface area contributed by atoms with Crippen LogP contribution in [-0.4, -0.2) is 17.9 Å². The summed E-state index contributed by atoms with van der Waals surface area (Å²) in [4.78, 5) is 14.3. The van der Waals surface area contributed by atoms with E-state index >= 15 is 0 Å². The van der Waals surface area contributed by atoms with Crippen molar-refractivity contribution in [1.82, 2.24) is 0 Å². The molecule has 2 saturated heterocycles. The Labute approximate surface area is 109 Å². The number of hydrogen-bond acceptors (Lipinski definition) is 2. The predicted octanol–water partition coefficient (Wildman–Crippen LogP) is 3.34. The van der Waals surface area contributed by atoms with E-state index in [4.69, 9.17) is 0 Å². The Morgan fingerprint density at radius 2 is 1.83 bits per heavy atom. The first-order valence-corrected chi connectivity index (χ1v) is 7.17. The van der Waals surface area contributed by atoms with Crippen LogP contribution in [0.25, 0.3) is 0 Å². The SMILES string of the molecule is CCc1ccccc1N1C2CCCC1CC(=O)C2. The van der Waals surface area contributed by atoms with Crippen molar-refractivity contribution in [2.75, 3.05) is 4.90 Å². The van der Waals surface area contributed by atoms with E-state index in [0.29, 0.717) is 17.9 Å². The minimum atomic E-state index is 0.456. The summed E-state index contributed by atoms with van der Waals surface area (Å²) in [6.45, 7) is 2.21. The van der Waals surface area contributed by atoms with Crippen LogP contribution < -0.4 is 4.90 Å². The van der Waals surface area contributed by atoms with Crippen molar-refractivity contribution in [2.45, 2.75) is 57.5 Å². The third-order valence-corrected chi connectivity index (χ3v) is 4.44. The molecule has 0 aliphatic carbocycles. The molecule has 0 saturated carbocycles. The molecule has 2 nitrogen and oxygen atoms in total. The Bertz CT molecular complexity index is 438. The van der Waals surface area contributed by atoms with Gasteiger partial charge in [-0.2, -0.15) is 0 Å². The zero-order valence-electron chi connectivity index (χ0n) is 11.1. The maximum Gasteiger partial charge on any atom is 0.137 e. The summed E-state index contributed by atoms with van der Waals surface area (Å²) >= 11 is 0. The Kier molecular flexibility index (Phi) is 3.11. The third-order valence-electron chi connectivity index (χ3n) is 4.44. The average Bonchev–Trinajstić information content (AvgIpc) is 2.37. The maximum absolute atomic E-state index is 11.8. The van der Waals surface area contributed by atoms with Gasteiger partial charge in [-0.15, -0.1) is 0 Å².